The number of thioether (sulfide) groups is 1. The van der Waals surface area contributed by atoms with Crippen LogP contribution >= 0.6 is 27.7 Å². The van der Waals surface area contributed by atoms with Gasteiger partial charge in [0, 0.05) is 22.0 Å². The van der Waals surface area contributed by atoms with Crippen LogP contribution in [0.5, 0.6) is 0 Å². The first-order chi connectivity index (χ1) is 10.3. The molecule has 2 unspecified atom stereocenters. The maximum absolute atomic E-state index is 4.52. The summed E-state index contributed by atoms with van der Waals surface area (Å²) in [4.78, 5) is 4.52. The molecule has 3 rings (SSSR count). The number of nitrogens with zero attached hydrogens (tertiary/aromatic N) is 1. The first-order valence-corrected chi connectivity index (χ1v) is 8.99. The molecule has 0 saturated heterocycles. The van der Waals surface area contributed by atoms with E-state index < -0.39 is 0 Å². The summed E-state index contributed by atoms with van der Waals surface area (Å²) < 4.78 is 1.09. The van der Waals surface area contributed by atoms with Gasteiger partial charge >= 0.3 is 0 Å². The van der Waals surface area contributed by atoms with Gasteiger partial charge in [-0.15, -0.1) is 0 Å². The molecule has 1 aliphatic carbocycles. The molecule has 0 saturated carbocycles. The minimum absolute atomic E-state index is 0.377. The largest absolute Gasteiger partial charge is 0.312 e. The van der Waals surface area contributed by atoms with Gasteiger partial charge in [-0.3, -0.25) is 0 Å². The number of rotatable bonds is 3. The molecule has 0 radical (unpaired) electrons. The Bertz CT molecular complexity index is 617. The molecule has 1 heterocycles. The number of fused-ring (bicyclic) bond motifs is 1. The van der Waals surface area contributed by atoms with Crippen molar-refractivity contribution in [1.29, 1.82) is 0 Å². The third kappa shape index (κ3) is 3.33. The fraction of sp³-hybridized carbons (Fsp3) is 0.353. The van der Waals surface area contributed by atoms with E-state index in [0.29, 0.717) is 11.3 Å². The van der Waals surface area contributed by atoms with Crippen LogP contribution in [0.25, 0.3) is 0 Å². The van der Waals surface area contributed by atoms with E-state index in [1.54, 1.807) is 0 Å². The van der Waals surface area contributed by atoms with Crippen molar-refractivity contribution in [2.24, 2.45) is 0 Å². The van der Waals surface area contributed by atoms with Gasteiger partial charge in [-0.25, -0.2) is 4.98 Å². The van der Waals surface area contributed by atoms with E-state index in [2.05, 4.69) is 63.6 Å². The van der Waals surface area contributed by atoms with E-state index in [1.807, 2.05) is 24.0 Å². The van der Waals surface area contributed by atoms with Crippen molar-refractivity contribution < 1.29 is 0 Å². The Kier molecular flexibility index (Phi) is 4.99. The van der Waals surface area contributed by atoms with Gasteiger partial charge in [0.25, 0.3) is 0 Å². The van der Waals surface area contributed by atoms with Gasteiger partial charge in [0.2, 0.25) is 0 Å². The van der Waals surface area contributed by atoms with Gasteiger partial charge in [-0.2, -0.15) is 0 Å². The van der Waals surface area contributed by atoms with Gasteiger partial charge in [0.05, 0.1) is 0 Å². The third-order valence-electron chi connectivity index (χ3n) is 4.00. The van der Waals surface area contributed by atoms with Crippen LogP contribution in [0.1, 0.15) is 30.0 Å². The molecule has 21 heavy (non-hydrogen) atoms. The Morgan fingerprint density at radius 3 is 2.90 bits per heavy atom. The summed E-state index contributed by atoms with van der Waals surface area (Å²) >= 11 is 5.49. The van der Waals surface area contributed by atoms with Crippen molar-refractivity contribution >= 4 is 27.7 Å². The maximum atomic E-state index is 4.52. The van der Waals surface area contributed by atoms with E-state index in [-0.39, 0.29) is 0 Å². The Morgan fingerprint density at radius 1 is 1.24 bits per heavy atom. The quantitative estimate of drug-likeness (QED) is 0.807. The van der Waals surface area contributed by atoms with Crippen LogP contribution in [0.2, 0.25) is 0 Å². The van der Waals surface area contributed by atoms with Gasteiger partial charge in [0.15, 0.2) is 0 Å². The highest BCUT2D eigenvalue weighted by Crippen LogP contribution is 2.40. The maximum Gasteiger partial charge on any atom is 0.110 e. The second-order valence-electron chi connectivity index (χ2n) is 5.30. The predicted molar refractivity (Wildman–Crippen MR) is 92.8 cm³/mol. The number of hydrogen-bond acceptors (Lipinski definition) is 3. The number of benzene rings is 1. The first kappa shape index (κ1) is 15.1. The molecule has 0 fully saturated rings. The number of pyridine rings is 1. The summed E-state index contributed by atoms with van der Waals surface area (Å²) in [6, 6.07) is 13.2. The molecule has 0 aliphatic heterocycles. The summed E-state index contributed by atoms with van der Waals surface area (Å²) in [6.45, 7) is 0. The van der Waals surface area contributed by atoms with Crippen molar-refractivity contribution in [3.8, 4) is 0 Å². The monoisotopic (exact) mass is 362 g/mol. The highest BCUT2D eigenvalue weighted by atomic mass is 79.9. The SMILES string of the molecule is CNC1c2ccccc2CCCC1Sc1ncccc1Br. The van der Waals surface area contributed by atoms with Crippen molar-refractivity contribution in [2.75, 3.05) is 7.05 Å². The molecule has 4 heteroatoms. The van der Waals surface area contributed by atoms with Crippen LogP contribution in [0.15, 0.2) is 52.1 Å². The molecule has 2 aromatic rings. The molecular weight excluding hydrogens is 344 g/mol. The van der Waals surface area contributed by atoms with Gasteiger partial charge in [-0.1, -0.05) is 36.0 Å². The third-order valence-corrected chi connectivity index (χ3v) is 6.26. The normalized spacial score (nSPS) is 21.6. The highest BCUT2D eigenvalue weighted by molar-refractivity contribution is 9.10. The average molecular weight is 363 g/mol. The van der Waals surface area contributed by atoms with Crippen molar-refractivity contribution in [3.63, 3.8) is 0 Å². The van der Waals surface area contributed by atoms with Crippen LogP contribution in [0, 0.1) is 0 Å². The Labute approximate surface area is 138 Å². The van der Waals surface area contributed by atoms with Crippen molar-refractivity contribution in [3.05, 3.63) is 58.2 Å². The van der Waals surface area contributed by atoms with Crippen molar-refractivity contribution in [2.45, 2.75) is 35.6 Å². The Hall–Kier alpha value is -0.840. The molecule has 110 valence electrons. The minimum Gasteiger partial charge on any atom is -0.312 e. The number of aryl methyl sites for hydroxylation is 1. The topological polar surface area (TPSA) is 24.9 Å². The molecule has 1 aromatic heterocycles. The molecule has 0 amide bonds. The zero-order chi connectivity index (χ0) is 14.7. The molecule has 0 spiro atoms. The highest BCUT2D eigenvalue weighted by Gasteiger charge is 2.28. The Morgan fingerprint density at radius 2 is 2.10 bits per heavy atom. The predicted octanol–water partition coefficient (Wildman–Crippen LogP) is 4.60. The fourth-order valence-corrected chi connectivity index (χ4v) is 4.82. The van der Waals surface area contributed by atoms with E-state index in [9.17, 15) is 0 Å². The molecule has 2 nitrogen and oxygen atoms in total. The average Bonchev–Trinajstić information content (AvgIpc) is 2.68. The van der Waals surface area contributed by atoms with Crippen LogP contribution < -0.4 is 5.32 Å². The number of halogens is 1. The second-order valence-corrected chi connectivity index (χ2v) is 7.39. The zero-order valence-electron chi connectivity index (χ0n) is 12.1. The molecular formula is C17H19BrN2S. The standard InChI is InChI=1S/C17H19BrN2S/c1-19-16-13-8-3-2-6-12(13)7-4-10-15(16)21-17-14(18)9-5-11-20-17/h2-3,5-6,8-9,11,15-16,19H,4,7,10H2,1H3. The second kappa shape index (κ2) is 6.95. The van der Waals surface area contributed by atoms with E-state index in [4.69, 9.17) is 0 Å². The van der Waals surface area contributed by atoms with Gasteiger partial charge in [-0.05, 0) is 65.5 Å². The van der Waals surface area contributed by atoms with Crippen molar-refractivity contribution in [1.82, 2.24) is 10.3 Å². The lowest BCUT2D eigenvalue weighted by atomic mass is 9.99. The molecule has 0 bridgehead atoms. The van der Waals surface area contributed by atoms with Crippen LogP contribution in [0.4, 0.5) is 0 Å². The van der Waals surface area contributed by atoms with Crippen LogP contribution in [0.3, 0.4) is 0 Å². The lowest BCUT2D eigenvalue weighted by molar-refractivity contribution is 0.547. The number of hydrogen-bond donors (Lipinski definition) is 1. The number of aromatic nitrogens is 1. The Balaban J connectivity index is 1.90. The molecule has 1 aromatic carbocycles. The lowest BCUT2D eigenvalue weighted by Crippen LogP contribution is -2.27. The minimum atomic E-state index is 0.377. The first-order valence-electron chi connectivity index (χ1n) is 7.32. The summed E-state index contributed by atoms with van der Waals surface area (Å²) in [6.07, 6.45) is 5.48. The molecule has 1 N–H and O–H groups in total. The van der Waals surface area contributed by atoms with E-state index in [0.717, 1.165) is 9.50 Å². The summed E-state index contributed by atoms with van der Waals surface area (Å²) in [5.74, 6) is 0. The van der Waals surface area contributed by atoms with Gasteiger partial charge in [0.1, 0.15) is 5.03 Å². The van der Waals surface area contributed by atoms with Crippen LogP contribution in [-0.2, 0) is 6.42 Å². The van der Waals surface area contributed by atoms with Crippen LogP contribution in [-0.4, -0.2) is 17.3 Å². The lowest BCUT2D eigenvalue weighted by Gasteiger charge is -2.26. The van der Waals surface area contributed by atoms with E-state index >= 15 is 0 Å². The van der Waals surface area contributed by atoms with Gasteiger partial charge < -0.3 is 5.32 Å². The number of nitrogens with one attached hydrogen (secondary N) is 1. The summed E-state index contributed by atoms with van der Waals surface area (Å²) in [5, 5.41) is 5.12. The molecule has 1 aliphatic rings. The molecule has 2 atom stereocenters. The van der Waals surface area contributed by atoms with E-state index in [1.165, 1.54) is 30.4 Å². The summed E-state index contributed by atoms with van der Waals surface area (Å²) in [7, 11) is 2.06. The fourth-order valence-electron chi connectivity index (χ4n) is 3.00. The smallest absolute Gasteiger partial charge is 0.110 e. The summed E-state index contributed by atoms with van der Waals surface area (Å²) in [5.41, 5.74) is 2.93. The zero-order valence-corrected chi connectivity index (χ0v) is 14.5.